The van der Waals surface area contributed by atoms with Crippen LogP contribution in [0.15, 0.2) is 47.8 Å². The molecule has 1 aliphatic rings. The molecule has 1 N–H and O–H groups in total. The molecule has 0 saturated heterocycles. The number of hydrogen-bond donors (Lipinski definition) is 1. The van der Waals surface area contributed by atoms with Crippen molar-refractivity contribution in [2.24, 2.45) is 0 Å². The molecule has 0 spiro atoms. The van der Waals surface area contributed by atoms with Crippen LogP contribution in [0.1, 0.15) is 5.56 Å². The minimum atomic E-state index is -0.713. The summed E-state index contributed by atoms with van der Waals surface area (Å²) in [6, 6.07) is 13.2. The molecule has 1 aliphatic heterocycles. The van der Waals surface area contributed by atoms with E-state index in [0.717, 1.165) is 22.6 Å². The minimum Gasteiger partial charge on any atom is -0.496 e. The lowest BCUT2D eigenvalue weighted by molar-refractivity contribution is -0.125. The Kier molecular flexibility index (Phi) is 4.68. The number of aryl methyl sites for hydroxylation is 1. The summed E-state index contributed by atoms with van der Waals surface area (Å²) in [5.41, 5.74) is 2.79. The van der Waals surface area contributed by atoms with Crippen molar-refractivity contribution < 1.29 is 19.0 Å². The summed E-state index contributed by atoms with van der Waals surface area (Å²) in [4.78, 5) is 17.0. The molecule has 1 aromatic heterocycles. The highest BCUT2D eigenvalue weighted by Crippen LogP contribution is 2.32. The molecule has 6 nitrogen and oxygen atoms in total. The normalized spacial score (nSPS) is 15.3. The van der Waals surface area contributed by atoms with E-state index in [2.05, 4.69) is 10.3 Å². The first-order chi connectivity index (χ1) is 13.1. The average molecular weight is 382 g/mol. The number of para-hydroxylation sites is 2. The van der Waals surface area contributed by atoms with Gasteiger partial charge in [-0.3, -0.25) is 10.1 Å². The molecule has 1 unspecified atom stereocenters. The van der Waals surface area contributed by atoms with Crippen molar-refractivity contribution >= 4 is 22.4 Å². The van der Waals surface area contributed by atoms with Crippen molar-refractivity contribution in [3.8, 4) is 28.5 Å². The van der Waals surface area contributed by atoms with Crippen LogP contribution in [0.25, 0.3) is 11.3 Å². The van der Waals surface area contributed by atoms with Gasteiger partial charge in [0.15, 0.2) is 16.6 Å². The minimum absolute atomic E-state index is 0.165. The number of thiazole rings is 1. The third-order valence-electron chi connectivity index (χ3n) is 4.23. The predicted molar refractivity (Wildman–Crippen MR) is 104 cm³/mol. The molecular weight excluding hydrogens is 364 g/mol. The number of nitrogens with one attached hydrogen (secondary N) is 1. The van der Waals surface area contributed by atoms with Gasteiger partial charge in [0.25, 0.3) is 5.91 Å². The largest absolute Gasteiger partial charge is 0.496 e. The highest BCUT2D eigenvalue weighted by atomic mass is 32.1. The van der Waals surface area contributed by atoms with Crippen LogP contribution in [0.5, 0.6) is 17.2 Å². The molecule has 1 amide bonds. The van der Waals surface area contributed by atoms with Gasteiger partial charge >= 0.3 is 0 Å². The molecule has 138 valence electrons. The standard InChI is InChI=1S/C20H18N2O4S/c1-12-9-13(7-8-15(12)24-2)14-11-27-20(21-14)22-19(23)18-10-25-16-5-3-4-6-17(16)26-18/h3-9,11,18H,10H2,1-2H3,(H,21,22,23). The quantitative estimate of drug-likeness (QED) is 0.741. The van der Waals surface area contributed by atoms with Gasteiger partial charge in [-0.2, -0.15) is 0 Å². The number of amides is 1. The Bertz CT molecular complexity index is 986. The van der Waals surface area contributed by atoms with Crippen LogP contribution in [0.4, 0.5) is 5.13 Å². The van der Waals surface area contributed by atoms with Crippen LogP contribution in [0, 0.1) is 6.92 Å². The van der Waals surface area contributed by atoms with Crippen LogP contribution in [0.2, 0.25) is 0 Å². The molecule has 0 saturated carbocycles. The van der Waals surface area contributed by atoms with E-state index >= 15 is 0 Å². The molecule has 2 heterocycles. The van der Waals surface area contributed by atoms with Gasteiger partial charge in [0.2, 0.25) is 6.10 Å². The molecule has 7 heteroatoms. The van der Waals surface area contributed by atoms with E-state index in [1.54, 1.807) is 13.2 Å². The maximum atomic E-state index is 12.5. The Morgan fingerprint density at radius 2 is 2.07 bits per heavy atom. The SMILES string of the molecule is COc1ccc(-c2csc(NC(=O)C3COc4ccccc4O3)n2)cc1C. The lowest BCUT2D eigenvalue weighted by Gasteiger charge is -2.25. The second-order valence-electron chi connectivity index (χ2n) is 6.08. The zero-order chi connectivity index (χ0) is 18.8. The summed E-state index contributed by atoms with van der Waals surface area (Å²) >= 11 is 1.37. The van der Waals surface area contributed by atoms with E-state index in [1.165, 1.54) is 11.3 Å². The number of rotatable bonds is 4. The average Bonchev–Trinajstić information content (AvgIpc) is 3.16. The first-order valence-corrected chi connectivity index (χ1v) is 9.32. The third-order valence-corrected chi connectivity index (χ3v) is 4.98. The molecular formula is C20H18N2O4S. The van der Waals surface area contributed by atoms with E-state index in [9.17, 15) is 4.79 Å². The Balaban J connectivity index is 1.45. The molecule has 0 fully saturated rings. The zero-order valence-electron chi connectivity index (χ0n) is 14.9. The van der Waals surface area contributed by atoms with Crippen molar-refractivity contribution in [3.63, 3.8) is 0 Å². The number of carbonyl (C=O) groups excluding carboxylic acids is 1. The molecule has 2 aromatic carbocycles. The topological polar surface area (TPSA) is 69.7 Å². The fourth-order valence-electron chi connectivity index (χ4n) is 2.84. The van der Waals surface area contributed by atoms with Gasteiger partial charge in [-0.1, -0.05) is 12.1 Å². The molecule has 0 bridgehead atoms. The number of anilines is 1. The van der Waals surface area contributed by atoms with E-state index < -0.39 is 6.10 Å². The van der Waals surface area contributed by atoms with Crippen molar-refractivity contribution in [3.05, 3.63) is 53.4 Å². The van der Waals surface area contributed by atoms with Crippen molar-refractivity contribution in [1.29, 1.82) is 0 Å². The van der Waals surface area contributed by atoms with Gasteiger partial charge in [0, 0.05) is 10.9 Å². The summed E-state index contributed by atoms with van der Waals surface area (Å²) < 4.78 is 16.6. The van der Waals surface area contributed by atoms with Gasteiger partial charge in [0.05, 0.1) is 12.8 Å². The molecule has 1 atom stereocenters. The van der Waals surface area contributed by atoms with Crippen molar-refractivity contribution in [2.75, 3.05) is 19.0 Å². The summed E-state index contributed by atoms with van der Waals surface area (Å²) in [6.07, 6.45) is -0.713. The number of methoxy groups -OCH3 is 1. The van der Waals surface area contributed by atoms with Gasteiger partial charge < -0.3 is 14.2 Å². The van der Waals surface area contributed by atoms with Gasteiger partial charge in [-0.15, -0.1) is 11.3 Å². The van der Waals surface area contributed by atoms with Crippen molar-refractivity contribution in [1.82, 2.24) is 4.98 Å². The fraction of sp³-hybridized carbons (Fsp3) is 0.200. The highest BCUT2D eigenvalue weighted by Gasteiger charge is 2.27. The molecule has 0 aliphatic carbocycles. The third kappa shape index (κ3) is 3.59. The van der Waals surface area contributed by atoms with Crippen LogP contribution < -0.4 is 19.5 Å². The molecule has 3 aromatic rings. The second kappa shape index (κ2) is 7.28. The highest BCUT2D eigenvalue weighted by molar-refractivity contribution is 7.14. The van der Waals surface area contributed by atoms with E-state index in [-0.39, 0.29) is 12.5 Å². The Morgan fingerprint density at radius 3 is 2.85 bits per heavy atom. The number of nitrogens with zero attached hydrogens (tertiary/aromatic N) is 1. The lowest BCUT2D eigenvalue weighted by atomic mass is 10.1. The lowest BCUT2D eigenvalue weighted by Crippen LogP contribution is -2.40. The van der Waals surface area contributed by atoms with Gasteiger partial charge in [-0.05, 0) is 42.8 Å². The van der Waals surface area contributed by atoms with Crippen LogP contribution >= 0.6 is 11.3 Å². The second-order valence-corrected chi connectivity index (χ2v) is 6.93. The Hall–Kier alpha value is -3.06. The summed E-state index contributed by atoms with van der Waals surface area (Å²) in [5.74, 6) is 1.76. The fourth-order valence-corrected chi connectivity index (χ4v) is 3.56. The first-order valence-electron chi connectivity index (χ1n) is 8.44. The monoisotopic (exact) mass is 382 g/mol. The number of aromatic nitrogens is 1. The summed E-state index contributed by atoms with van der Waals surface area (Å²) in [5, 5.41) is 5.24. The number of benzene rings is 2. The van der Waals surface area contributed by atoms with Crippen LogP contribution in [-0.2, 0) is 4.79 Å². The first kappa shape index (κ1) is 17.4. The zero-order valence-corrected chi connectivity index (χ0v) is 15.7. The predicted octanol–water partition coefficient (Wildman–Crippen LogP) is 3.91. The van der Waals surface area contributed by atoms with Crippen molar-refractivity contribution in [2.45, 2.75) is 13.0 Å². The van der Waals surface area contributed by atoms with Crippen LogP contribution in [0.3, 0.4) is 0 Å². The van der Waals surface area contributed by atoms with E-state index in [1.807, 2.05) is 48.7 Å². The van der Waals surface area contributed by atoms with Gasteiger partial charge in [0.1, 0.15) is 12.4 Å². The van der Waals surface area contributed by atoms with Crippen LogP contribution in [-0.4, -0.2) is 30.7 Å². The Labute approximate surface area is 160 Å². The van der Waals surface area contributed by atoms with Gasteiger partial charge in [-0.25, -0.2) is 4.98 Å². The Morgan fingerprint density at radius 1 is 1.26 bits per heavy atom. The number of ether oxygens (including phenoxy) is 3. The summed E-state index contributed by atoms with van der Waals surface area (Å²) in [7, 11) is 1.65. The molecule has 4 rings (SSSR count). The molecule has 0 radical (unpaired) electrons. The van der Waals surface area contributed by atoms with E-state index in [4.69, 9.17) is 14.2 Å². The number of fused-ring (bicyclic) bond motifs is 1. The summed E-state index contributed by atoms with van der Waals surface area (Å²) in [6.45, 7) is 2.15. The van der Waals surface area contributed by atoms with E-state index in [0.29, 0.717) is 16.6 Å². The smallest absolute Gasteiger partial charge is 0.270 e. The maximum absolute atomic E-state index is 12.5. The number of hydrogen-bond acceptors (Lipinski definition) is 6. The number of carbonyl (C=O) groups is 1. The maximum Gasteiger partial charge on any atom is 0.270 e. The molecule has 27 heavy (non-hydrogen) atoms.